The average Bonchev–Trinajstić information content (AvgIpc) is 1.00. The minimum absolute atomic E-state index is 0. The van der Waals surface area contributed by atoms with Crippen molar-refractivity contribution in [3.63, 3.8) is 0 Å². The van der Waals surface area contributed by atoms with Gasteiger partial charge in [-0.05, 0) is 0 Å². The monoisotopic (exact) mass is 125 g/mol. The summed E-state index contributed by atoms with van der Waals surface area (Å²) in [7, 11) is 4.26. The van der Waals surface area contributed by atoms with Crippen LogP contribution in [-0.4, -0.2) is 0 Å². The summed E-state index contributed by atoms with van der Waals surface area (Å²) in [6.45, 7) is 0. The Bertz CT molecular complexity index is 13.5. The summed E-state index contributed by atoms with van der Waals surface area (Å²) in [5.41, 5.74) is 0. The van der Waals surface area contributed by atoms with Gasteiger partial charge in [0.15, 0.2) is 0 Å². The van der Waals surface area contributed by atoms with Gasteiger partial charge in [0.1, 0.15) is 0 Å². The Morgan fingerprint density at radius 1 is 1.50 bits per heavy atom. The summed E-state index contributed by atoms with van der Waals surface area (Å²) in [6.07, 6.45) is 0. The van der Waals surface area contributed by atoms with E-state index in [4.69, 9.17) is 0 Å². The van der Waals surface area contributed by atoms with Crippen LogP contribution in [0, 0.1) is 0 Å². The molecule has 0 fully saturated rings. The molecule has 0 rings (SSSR count). The predicted octanol–water partition coefficient (Wildman–Crippen LogP) is -5.08. The van der Waals surface area contributed by atoms with Crippen molar-refractivity contribution >= 4 is 10.2 Å². The number of hydrogen-bond donors (Lipinski definition) is 0. The maximum absolute atomic E-state index is 4.26. The Labute approximate surface area is 75.1 Å². The molecular formula is H2ClLiNaNi. The quantitative estimate of drug-likeness (QED) is 0.285. The Kier molecular flexibility index (Phi) is 73.6. The predicted molar refractivity (Wildman–Crippen MR) is 8.08 cm³/mol. The van der Waals surface area contributed by atoms with Crippen LogP contribution in [0.15, 0.2) is 0 Å². The molecule has 0 N–H and O–H groups in total. The topological polar surface area (TPSA) is 0 Å². The van der Waals surface area contributed by atoms with Crippen molar-refractivity contribution in [3.05, 3.63) is 0 Å². The molecule has 0 aliphatic carbocycles. The first kappa shape index (κ1) is 16.2. The summed E-state index contributed by atoms with van der Waals surface area (Å²) >= 11 is 3.35. The summed E-state index contributed by atoms with van der Waals surface area (Å²) in [5.74, 6) is 0. The third-order valence-corrected chi connectivity index (χ3v) is 0. The van der Waals surface area contributed by atoms with Crippen molar-refractivity contribution in [3.8, 4) is 0 Å². The standard InChI is InChI=1S/ClH.Li.Na.Ni.2H/h1H;;;;;/q;3*+1;2*-1/p-1. The summed E-state index contributed by atoms with van der Waals surface area (Å²) < 4.78 is 0. The average molecular weight is 126 g/mol. The van der Waals surface area contributed by atoms with Crippen molar-refractivity contribution in [2.45, 2.75) is 0 Å². The SMILES string of the molecule is [Cl][Ni].[H-].[H-].[Li+].[Na+]. The molecule has 0 saturated carbocycles. The molecule has 21 valence electrons. The molecule has 0 aromatic heterocycles. The van der Waals surface area contributed by atoms with Crippen molar-refractivity contribution in [2.24, 2.45) is 0 Å². The van der Waals surface area contributed by atoms with Crippen molar-refractivity contribution in [2.75, 3.05) is 0 Å². The van der Waals surface area contributed by atoms with Gasteiger partial charge in [0.05, 0.1) is 0 Å². The van der Waals surface area contributed by atoms with Gasteiger partial charge in [-0.25, -0.2) is 0 Å². The molecule has 0 aromatic carbocycles. The van der Waals surface area contributed by atoms with E-state index in [9.17, 15) is 0 Å². The Balaban J connectivity index is -0.000000000833. The van der Waals surface area contributed by atoms with E-state index in [1.807, 2.05) is 0 Å². The van der Waals surface area contributed by atoms with E-state index in [0.717, 1.165) is 0 Å². The van der Waals surface area contributed by atoms with Crippen molar-refractivity contribution in [1.82, 2.24) is 0 Å². The minimum Gasteiger partial charge on any atom is -1.00 e. The van der Waals surface area contributed by atoms with Gasteiger partial charge < -0.3 is 2.85 Å². The molecule has 0 atom stereocenters. The Hall–Kier alpha value is 2.38. The van der Waals surface area contributed by atoms with Crippen LogP contribution in [0.4, 0.5) is 0 Å². The number of hydrogen-bond acceptors (Lipinski definition) is 0. The van der Waals surface area contributed by atoms with Gasteiger partial charge in [-0.3, -0.25) is 0 Å². The molecule has 0 radical (unpaired) electrons. The van der Waals surface area contributed by atoms with Crippen LogP contribution in [-0.2, 0) is 14.6 Å². The molecule has 0 heterocycles. The van der Waals surface area contributed by atoms with Gasteiger partial charge >= 0.3 is 73.2 Å². The maximum Gasteiger partial charge on any atom is 1.00 e. The normalized spacial score (nSPS) is 1.75. The van der Waals surface area contributed by atoms with Gasteiger partial charge in [-0.2, -0.15) is 0 Å². The van der Waals surface area contributed by atoms with E-state index >= 15 is 0 Å². The van der Waals surface area contributed by atoms with Crippen LogP contribution < -0.4 is 48.4 Å². The zero-order valence-electron chi connectivity index (χ0n) is 4.69. The summed E-state index contributed by atoms with van der Waals surface area (Å²) in [4.78, 5) is 0. The number of rotatable bonds is 0. The molecule has 0 aliphatic heterocycles. The molecule has 0 nitrogen and oxygen atoms in total. The third-order valence-electron chi connectivity index (χ3n) is 0. The van der Waals surface area contributed by atoms with Gasteiger partial charge in [0.25, 0.3) is 0 Å². The Morgan fingerprint density at radius 3 is 1.50 bits per heavy atom. The molecule has 0 aromatic rings. The first-order valence-corrected chi connectivity index (χ1v) is 1.48. The maximum atomic E-state index is 4.26. The largest absolute Gasteiger partial charge is 1.00 e. The van der Waals surface area contributed by atoms with Gasteiger partial charge in [-0.15, -0.1) is 0 Å². The van der Waals surface area contributed by atoms with E-state index < -0.39 is 0 Å². The van der Waals surface area contributed by atoms with Crippen LogP contribution >= 0.6 is 10.2 Å². The molecule has 0 saturated heterocycles. The molecule has 0 aliphatic rings. The summed E-state index contributed by atoms with van der Waals surface area (Å²) in [5, 5.41) is 0. The second-order valence-corrected chi connectivity index (χ2v) is 0. The third kappa shape index (κ3) is 8.83. The fourth-order valence-electron chi connectivity index (χ4n) is 0. The van der Waals surface area contributed by atoms with Crippen LogP contribution in [0.25, 0.3) is 0 Å². The van der Waals surface area contributed by atoms with E-state index in [2.05, 4.69) is 24.8 Å². The van der Waals surface area contributed by atoms with E-state index in [-0.39, 0.29) is 51.3 Å². The molecule has 0 unspecified atom stereocenters. The first-order valence-electron chi connectivity index (χ1n) is 0.120. The second-order valence-electron chi connectivity index (χ2n) is 0. The van der Waals surface area contributed by atoms with Crippen molar-refractivity contribution < 1.29 is 65.8 Å². The fourth-order valence-corrected chi connectivity index (χ4v) is 0. The molecule has 0 spiro atoms. The van der Waals surface area contributed by atoms with Crippen molar-refractivity contribution in [1.29, 1.82) is 0 Å². The Morgan fingerprint density at radius 2 is 1.50 bits per heavy atom. The molecule has 4 heavy (non-hydrogen) atoms. The van der Waals surface area contributed by atoms with Crippen LogP contribution in [0.2, 0.25) is 0 Å². The van der Waals surface area contributed by atoms with Crippen LogP contribution in [0.1, 0.15) is 2.85 Å². The molecule has 4 heteroatoms. The molecule has 0 amide bonds. The van der Waals surface area contributed by atoms with Crippen LogP contribution in [0.5, 0.6) is 0 Å². The van der Waals surface area contributed by atoms with E-state index in [1.165, 1.54) is 0 Å². The molecule has 0 bridgehead atoms. The molecular weight excluding hydrogens is 124 g/mol. The zero-order valence-corrected chi connectivity index (χ0v) is 6.44. The van der Waals surface area contributed by atoms with E-state index in [0.29, 0.717) is 0 Å². The second kappa shape index (κ2) is 18.2. The first-order chi connectivity index (χ1) is 1.00. The summed E-state index contributed by atoms with van der Waals surface area (Å²) in [6, 6.07) is 0. The minimum atomic E-state index is 0. The van der Waals surface area contributed by atoms with Gasteiger partial charge in [0.2, 0.25) is 0 Å². The fraction of sp³-hybridized carbons (Fsp3) is 0. The van der Waals surface area contributed by atoms with Crippen LogP contribution in [0.3, 0.4) is 0 Å². The smallest absolute Gasteiger partial charge is 1.00 e. The number of halogens is 1. The zero-order chi connectivity index (χ0) is 2.00. The van der Waals surface area contributed by atoms with E-state index in [1.54, 1.807) is 0 Å². The van der Waals surface area contributed by atoms with Gasteiger partial charge in [0, 0.05) is 0 Å². The van der Waals surface area contributed by atoms with Gasteiger partial charge in [-0.1, -0.05) is 0 Å².